The molecule has 0 bridgehead atoms. The molecule has 3 N–H and O–H groups in total. The molecule has 0 fully saturated rings. The van der Waals surface area contributed by atoms with Crippen molar-refractivity contribution in [1.29, 1.82) is 0 Å². The molecule has 19 heavy (non-hydrogen) atoms. The molecule has 0 atom stereocenters. The van der Waals surface area contributed by atoms with Crippen LogP contribution in [0.15, 0.2) is 24.3 Å². The lowest BCUT2D eigenvalue weighted by Crippen LogP contribution is -2.16. The van der Waals surface area contributed by atoms with Crippen molar-refractivity contribution in [3.05, 3.63) is 35.4 Å². The zero-order valence-electron chi connectivity index (χ0n) is 12.5. The third-order valence-electron chi connectivity index (χ3n) is 3.61. The number of nitrogens with one attached hydrogen (secondary N) is 1. The lowest BCUT2D eigenvalue weighted by atomic mass is 10.1. The van der Waals surface area contributed by atoms with Gasteiger partial charge in [0.1, 0.15) is 0 Å². The van der Waals surface area contributed by atoms with Gasteiger partial charge < -0.3 is 11.1 Å². The van der Waals surface area contributed by atoms with Crippen molar-refractivity contribution in [2.24, 2.45) is 5.73 Å². The summed E-state index contributed by atoms with van der Waals surface area (Å²) in [6.07, 6.45) is 9.58. The van der Waals surface area contributed by atoms with Crippen molar-refractivity contribution in [2.75, 3.05) is 6.54 Å². The average Bonchev–Trinajstić information content (AvgIpc) is 2.46. The Balaban J connectivity index is 2.01. The topological polar surface area (TPSA) is 38.0 Å². The van der Waals surface area contributed by atoms with Crippen LogP contribution in [0.4, 0.5) is 0 Å². The van der Waals surface area contributed by atoms with Crippen LogP contribution in [0.1, 0.15) is 63.0 Å². The quantitative estimate of drug-likeness (QED) is 0.592. The molecule has 2 nitrogen and oxygen atoms in total. The first-order valence-corrected chi connectivity index (χ1v) is 7.86. The van der Waals surface area contributed by atoms with Crippen molar-refractivity contribution in [1.82, 2.24) is 5.32 Å². The molecule has 108 valence electrons. The van der Waals surface area contributed by atoms with Crippen LogP contribution in [-0.2, 0) is 13.1 Å². The molecule has 0 heterocycles. The molecule has 0 saturated heterocycles. The number of hydrogen-bond acceptors (Lipinski definition) is 2. The van der Waals surface area contributed by atoms with E-state index in [0.717, 1.165) is 13.1 Å². The predicted molar refractivity (Wildman–Crippen MR) is 84.0 cm³/mol. The zero-order chi connectivity index (χ0) is 13.8. The maximum absolute atomic E-state index is 5.73. The van der Waals surface area contributed by atoms with Crippen LogP contribution in [0.3, 0.4) is 0 Å². The summed E-state index contributed by atoms with van der Waals surface area (Å²) >= 11 is 0. The van der Waals surface area contributed by atoms with Crippen LogP contribution >= 0.6 is 0 Å². The Labute approximate surface area is 118 Å². The zero-order valence-corrected chi connectivity index (χ0v) is 12.5. The molecular weight excluding hydrogens is 232 g/mol. The summed E-state index contributed by atoms with van der Waals surface area (Å²) in [7, 11) is 0. The number of rotatable bonds is 11. The van der Waals surface area contributed by atoms with E-state index in [-0.39, 0.29) is 0 Å². The smallest absolute Gasteiger partial charge is 0.0208 e. The number of hydrogen-bond donors (Lipinski definition) is 2. The highest BCUT2D eigenvalue weighted by molar-refractivity contribution is 5.26. The van der Waals surface area contributed by atoms with E-state index >= 15 is 0 Å². The molecule has 0 radical (unpaired) electrons. The van der Waals surface area contributed by atoms with E-state index in [2.05, 4.69) is 36.5 Å². The van der Waals surface area contributed by atoms with Crippen LogP contribution < -0.4 is 11.1 Å². The highest BCUT2D eigenvalue weighted by atomic mass is 14.8. The van der Waals surface area contributed by atoms with Gasteiger partial charge in [-0.05, 0) is 24.1 Å². The molecule has 0 aliphatic carbocycles. The fraction of sp³-hybridized carbons (Fsp3) is 0.647. The molecule has 0 spiro atoms. The predicted octanol–water partition coefficient (Wildman–Crippen LogP) is 3.99. The van der Waals surface area contributed by atoms with Gasteiger partial charge in [0.15, 0.2) is 0 Å². The van der Waals surface area contributed by atoms with Crippen LogP contribution in [0.5, 0.6) is 0 Å². The Hall–Kier alpha value is -0.860. The third kappa shape index (κ3) is 7.34. The fourth-order valence-electron chi connectivity index (χ4n) is 2.36. The van der Waals surface area contributed by atoms with Crippen LogP contribution in [0.2, 0.25) is 0 Å². The number of benzene rings is 1. The van der Waals surface area contributed by atoms with E-state index in [1.165, 1.54) is 56.1 Å². The molecule has 0 aliphatic heterocycles. The molecule has 0 amide bonds. The highest BCUT2D eigenvalue weighted by Gasteiger charge is 1.98. The van der Waals surface area contributed by atoms with Gasteiger partial charge in [-0.1, -0.05) is 69.7 Å². The van der Waals surface area contributed by atoms with Crippen molar-refractivity contribution in [3.63, 3.8) is 0 Å². The normalized spacial score (nSPS) is 10.8. The summed E-state index contributed by atoms with van der Waals surface area (Å²) in [6.45, 7) is 4.97. The molecule has 0 aromatic heterocycles. The SMILES string of the molecule is CCCCCCCCCNCc1ccccc1CN. The first-order valence-electron chi connectivity index (χ1n) is 7.86. The van der Waals surface area contributed by atoms with Crippen LogP contribution in [0, 0.1) is 0 Å². The van der Waals surface area contributed by atoms with Gasteiger partial charge in [-0.15, -0.1) is 0 Å². The van der Waals surface area contributed by atoms with Gasteiger partial charge in [-0.2, -0.15) is 0 Å². The maximum atomic E-state index is 5.73. The minimum Gasteiger partial charge on any atom is -0.326 e. The van der Waals surface area contributed by atoms with Gasteiger partial charge in [0.25, 0.3) is 0 Å². The van der Waals surface area contributed by atoms with E-state index in [1.807, 2.05) is 0 Å². The fourth-order valence-corrected chi connectivity index (χ4v) is 2.36. The van der Waals surface area contributed by atoms with E-state index < -0.39 is 0 Å². The standard InChI is InChI=1S/C17H30N2/c1-2-3-4-5-6-7-10-13-19-15-17-12-9-8-11-16(17)14-18/h8-9,11-12,19H,2-7,10,13-15,18H2,1H3. The van der Waals surface area contributed by atoms with Gasteiger partial charge in [-0.3, -0.25) is 0 Å². The minimum absolute atomic E-state index is 0.634. The molecule has 1 aromatic rings. The van der Waals surface area contributed by atoms with Gasteiger partial charge in [0, 0.05) is 13.1 Å². The Morgan fingerprint density at radius 1 is 0.895 bits per heavy atom. The largest absolute Gasteiger partial charge is 0.326 e. The summed E-state index contributed by atoms with van der Waals surface area (Å²) in [6, 6.07) is 8.43. The minimum atomic E-state index is 0.634. The second kappa shape index (κ2) is 11.0. The highest BCUT2D eigenvalue weighted by Crippen LogP contribution is 2.08. The van der Waals surface area contributed by atoms with Crippen LogP contribution in [-0.4, -0.2) is 6.54 Å². The van der Waals surface area contributed by atoms with E-state index in [9.17, 15) is 0 Å². The van der Waals surface area contributed by atoms with Crippen molar-refractivity contribution >= 4 is 0 Å². The third-order valence-corrected chi connectivity index (χ3v) is 3.61. The summed E-state index contributed by atoms with van der Waals surface area (Å²) in [5.74, 6) is 0. The Kier molecular flexibility index (Phi) is 9.38. The average molecular weight is 262 g/mol. The molecule has 0 aliphatic rings. The van der Waals surface area contributed by atoms with E-state index in [1.54, 1.807) is 0 Å². The first kappa shape index (κ1) is 16.2. The van der Waals surface area contributed by atoms with E-state index in [0.29, 0.717) is 6.54 Å². The monoisotopic (exact) mass is 262 g/mol. The second-order valence-corrected chi connectivity index (χ2v) is 5.27. The van der Waals surface area contributed by atoms with E-state index in [4.69, 9.17) is 5.73 Å². The Morgan fingerprint density at radius 2 is 1.53 bits per heavy atom. The molecule has 0 unspecified atom stereocenters. The maximum Gasteiger partial charge on any atom is 0.0208 e. The molecule has 2 heteroatoms. The first-order chi connectivity index (χ1) is 9.38. The van der Waals surface area contributed by atoms with Gasteiger partial charge in [0.2, 0.25) is 0 Å². The number of nitrogens with two attached hydrogens (primary N) is 1. The van der Waals surface area contributed by atoms with Crippen molar-refractivity contribution in [3.8, 4) is 0 Å². The van der Waals surface area contributed by atoms with Crippen molar-refractivity contribution < 1.29 is 0 Å². The second-order valence-electron chi connectivity index (χ2n) is 5.27. The van der Waals surface area contributed by atoms with Gasteiger partial charge in [0.05, 0.1) is 0 Å². The van der Waals surface area contributed by atoms with Crippen molar-refractivity contribution in [2.45, 2.75) is 65.0 Å². The summed E-state index contributed by atoms with van der Waals surface area (Å²) in [5, 5.41) is 3.52. The van der Waals surface area contributed by atoms with Gasteiger partial charge in [-0.25, -0.2) is 0 Å². The van der Waals surface area contributed by atoms with Crippen LogP contribution in [0.25, 0.3) is 0 Å². The lowest BCUT2D eigenvalue weighted by Gasteiger charge is -2.09. The van der Waals surface area contributed by atoms with Gasteiger partial charge >= 0.3 is 0 Å². The summed E-state index contributed by atoms with van der Waals surface area (Å²) in [5.41, 5.74) is 8.33. The molecular formula is C17H30N2. The molecule has 1 rings (SSSR count). The number of unbranched alkanes of at least 4 members (excludes halogenated alkanes) is 6. The Bertz CT molecular complexity index is 323. The Morgan fingerprint density at radius 3 is 2.21 bits per heavy atom. The molecule has 0 saturated carbocycles. The molecule has 1 aromatic carbocycles. The lowest BCUT2D eigenvalue weighted by molar-refractivity contribution is 0.562. The summed E-state index contributed by atoms with van der Waals surface area (Å²) < 4.78 is 0. The summed E-state index contributed by atoms with van der Waals surface area (Å²) in [4.78, 5) is 0.